The van der Waals surface area contributed by atoms with Crippen molar-refractivity contribution >= 4 is 18.3 Å². The predicted molar refractivity (Wildman–Crippen MR) is 119 cm³/mol. The third-order valence-electron chi connectivity index (χ3n) is 6.78. The van der Waals surface area contributed by atoms with E-state index in [4.69, 9.17) is 14.7 Å². The molecule has 7 heteroatoms. The number of nitrogens with zero attached hydrogens (tertiary/aromatic N) is 1. The molecule has 5 nitrogen and oxygen atoms in total. The highest BCUT2D eigenvalue weighted by molar-refractivity contribution is 7.89. The van der Waals surface area contributed by atoms with Gasteiger partial charge in [-0.05, 0) is 68.6 Å². The molecule has 1 aromatic rings. The molecule has 0 radical (unpaired) electrons. The van der Waals surface area contributed by atoms with Gasteiger partial charge in [-0.15, -0.1) is 3.89 Å². The van der Waals surface area contributed by atoms with Crippen LogP contribution < -0.4 is 9.92 Å². The summed E-state index contributed by atoms with van der Waals surface area (Å²) in [6.07, 6.45) is 6.99. The van der Waals surface area contributed by atoms with Crippen LogP contribution in [0.15, 0.2) is 24.3 Å². The fourth-order valence-corrected chi connectivity index (χ4v) is 4.86. The van der Waals surface area contributed by atoms with Crippen molar-refractivity contribution < 1.29 is 17.6 Å². The number of ether oxygens (including phenoxy) is 1. The number of benzene rings is 1. The third-order valence-corrected chi connectivity index (χ3v) is 7.04. The Morgan fingerprint density at radius 1 is 1.30 bits per heavy atom. The first-order valence-electron chi connectivity index (χ1n) is 11.3. The van der Waals surface area contributed by atoms with Crippen molar-refractivity contribution in [1.82, 2.24) is 4.90 Å². The molecule has 0 bridgehead atoms. The van der Waals surface area contributed by atoms with Gasteiger partial charge in [0.15, 0.2) is 0 Å². The van der Waals surface area contributed by atoms with E-state index in [1.54, 1.807) is 6.07 Å². The summed E-state index contributed by atoms with van der Waals surface area (Å²) in [5.41, 5.74) is 7.58. The van der Waals surface area contributed by atoms with Gasteiger partial charge in [-0.2, -0.15) is 0 Å². The molecule has 1 aromatic carbocycles. The molecule has 2 unspecified atom stereocenters. The number of likely N-dealkylation sites (tertiary alicyclic amines) is 1. The first-order chi connectivity index (χ1) is 14.5. The van der Waals surface area contributed by atoms with E-state index in [-0.39, 0.29) is 42.4 Å². The number of piperidine rings is 1. The number of carbonyl (C=O) groups excluding carboxylic acids is 1. The predicted octanol–water partition coefficient (Wildman–Crippen LogP) is 5.01. The number of halogens is 1. The lowest BCUT2D eigenvalue weighted by molar-refractivity contribution is -0.142. The quantitative estimate of drug-likeness (QED) is 0.578. The average Bonchev–Trinajstić information content (AvgIpc) is 2.78. The Hall–Kier alpha value is -1.31. The van der Waals surface area contributed by atoms with E-state index < -0.39 is 0 Å². The maximum Gasteiger partial charge on any atom is 0.272 e. The van der Waals surface area contributed by atoms with E-state index >= 15 is 0 Å². The molecule has 3 rings (SSSR count). The van der Waals surface area contributed by atoms with Crippen molar-refractivity contribution in [2.75, 3.05) is 13.2 Å². The highest BCUT2D eigenvalue weighted by Gasteiger charge is 2.35. The Morgan fingerprint density at radius 3 is 2.77 bits per heavy atom. The lowest BCUT2D eigenvalue weighted by Gasteiger charge is -2.41. The molecule has 1 heterocycles. The van der Waals surface area contributed by atoms with Gasteiger partial charge in [-0.25, -0.2) is 0 Å². The molecule has 0 aromatic heterocycles. The van der Waals surface area contributed by atoms with Crippen molar-refractivity contribution in [2.24, 2.45) is 11.7 Å². The van der Waals surface area contributed by atoms with Crippen LogP contribution in [-0.2, 0) is 9.53 Å². The van der Waals surface area contributed by atoms with Gasteiger partial charge < -0.3 is 19.6 Å². The summed E-state index contributed by atoms with van der Waals surface area (Å²) >= 11 is -0.122. The van der Waals surface area contributed by atoms with Crippen LogP contribution in [0.4, 0.5) is 3.89 Å². The molecule has 1 saturated carbocycles. The standard InChI is InChI=1S/C23H35FN2O3S/c1-3-16(2)23(27)26-13-5-8-21(25)22(26)15-28-19-11-9-17(10-12-19)18-6-4-7-20(14-18)29-30-24/h4,6-7,14,16-17,19,21-22H,3,5,8-13,15,25H2,1-2H3/t16?,17?,19?,21-,22?/m0/s1. The Kier molecular flexibility index (Phi) is 8.84. The number of hydrogen-bond donors (Lipinski definition) is 1. The molecule has 30 heavy (non-hydrogen) atoms. The van der Waals surface area contributed by atoms with Crippen LogP contribution in [0, 0.1) is 5.92 Å². The van der Waals surface area contributed by atoms with Crippen LogP contribution >= 0.6 is 12.4 Å². The van der Waals surface area contributed by atoms with Crippen LogP contribution in [0.3, 0.4) is 0 Å². The normalized spacial score (nSPS) is 28.2. The van der Waals surface area contributed by atoms with Crippen molar-refractivity contribution in [1.29, 1.82) is 0 Å². The molecule has 2 aliphatic rings. The van der Waals surface area contributed by atoms with Crippen molar-refractivity contribution in [3.05, 3.63) is 29.8 Å². The molecule has 2 N–H and O–H groups in total. The molecule has 168 valence electrons. The van der Waals surface area contributed by atoms with Gasteiger partial charge in [-0.1, -0.05) is 26.0 Å². The smallest absolute Gasteiger partial charge is 0.272 e. The number of hydrogen-bond acceptors (Lipinski definition) is 5. The Balaban J connectivity index is 1.51. The number of rotatable bonds is 8. The van der Waals surface area contributed by atoms with E-state index in [1.807, 2.05) is 24.0 Å². The number of amides is 1. The summed E-state index contributed by atoms with van der Waals surface area (Å²) < 4.78 is 23.5. The molecule has 0 spiro atoms. The summed E-state index contributed by atoms with van der Waals surface area (Å²) in [6, 6.07) is 7.66. The minimum Gasteiger partial charge on any atom is -0.397 e. The monoisotopic (exact) mass is 438 g/mol. The SMILES string of the molecule is CCC(C)C(=O)N1CCC[C@H](N)C1COC1CCC(c2cccc(OSF)c2)CC1. The van der Waals surface area contributed by atoms with Gasteiger partial charge in [0.25, 0.3) is 12.4 Å². The molecule has 1 saturated heterocycles. The summed E-state index contributed by atoms with van der Waals surface area (Å²) in [6.45, 7) is 5.35. The van der Waals surface area contributed by atoms with E-state index in [2.05, 4.69) is 13.0 Å². The molecule has 3 atom stereocenters. The van der Waals surface area contributed by atoms with E-state index in [1.165, 1.54) is 5.56 Å². The van der Waals surface area contributed by atoms with Gasteiger partial charge in [0.1, 0.15) is 5.75 Å². The second kappa shape index (κ2) is 11.3. The fourth-order valence-electron chi connectivity index (χ4n) is 4.69. The number of nitrogens with two attached hydrogens (primary N) is 1. The highest BCUT2D eigenvalue weighted by atomic mass is 32.2. The first-order valence-corrected chi connectivity index (χ1v) is 11.9. The third kappa shape index (κ3) is 5.89. The maximum absolute atomic E-state index is 12.8. The van der Waals surface area contributed by atoms with E-state index in [0.717, 1.165) is 51.5 Å². The van der Waals surface area contributed by atoms with Crippen LogP contribution in [0.25, 0.3) is 0 Å². The average molecular weight is 439 g/mol. The molecular formula is C23H35FN2O3S. The Bertz CT molecular complexity index is 684. The van der Waals surface area contributed by atoms with E-state index in [0.29, 0.717) is 18.3 Å². The zero-order valence-corrected chi connectivity index (χ0v) is 18.9. The highest BCUT2D eigenvalue weighted by Crippen LogP contribution is 2.36. The molecule has 1 aliphatic carbocycles. The summed E-state index contributed by atoms with van der Waals surface area (Å²) in [4.78, 5) is 14.8. The Labute approximate surface area is 184 Å². The van der Waals surface area contributed by atoms with Crippen molar-refractivity contribution in [3.63, 3.8) is 0 Å². The zero-order valence-electron chi connectivity index (χ0n) is 18.1. The molecule has 1 aliphatic heterocycles. The zero-order chi connectivity index (χ0) is 21.5. The van der Waals surface area contributed by atoms with Gasteiger partial charge in [0.2, 0.25) is 5.91 Å². The summed E-state index contributed by atoms with van der Waals surface area (Å²) in [5.74, 6) is 1.23. The van der Waals surface area contributed by atoms with Crippen LogP contribution in [0.2, 0.25) is 0 Å². The second-order valence-electron chi connectivity index (χ2n) is 8.74. The largest absolute Gasteiger partial charge is 0.397 e. The van der Waals surface area contributed by atoms with Gasteiger partial charge in [0, 0.05) is 18.5 Å². The van der Waals surface area contributed by atoms with E-state index in [9.17, 15) is 8.68 Å². The molecule has 2 fully saturated rings. The van der Waals surface area contributed by atoms with Crippen LogP contribution in [0.5, 0.6) is 5.75 Å². The van der Waals surface area contributed by atoms with Crippen molar-refractivity contribution in [3.8, 4) is 5.75 Å². The first kappa shape index (κ1) is 23.4. The molecular weight excluding hydrogens is 403 g/mol. The maximum atomic E-state index is 12.8. The Morgan fingerprint density at radius 2 is 2.07 bits per heavy atom. The van der Waals surface area contributed by atoms with Gasteiger partial charge in [0.05, 0.1) is 18.8 Å². The topological polar surface area (TPSA) is 64.8 Å². The molecule has 1 amide bonds. The minimum atomic E-state index is -0.122. The summed E-state index contributed by atoms with van der Waals surface area (Å²) in [7, 11) is 0. The second-order valence-corrected chi connectivity index (χ2v) is 9.03. The fraction of sp³-hybridized carbons (Fsp3) is 0.696. The van der Waals surface area contributed by atoms with Gasteiger partial charge in [-0.3, -0.25) is 4.79 Å². The summed E-state index contributed by atoms with van der Waals surface area (Å²) in [5, 5.41) is 0. The van der Waals surface area contributed by atoms with Crippen molar-refractivity contribution in [2.45, 2.75) is 82.9 Å². The lowest BCUT2D eigenvalue weighted by atomic mass is 9.82. The van der Waals surface area contributed by atoms with Crippen LogP contribution in [0.1, 0.15) is 70.3 Å². The lowest BCUT2D eigenvalue weighted by Crippen LogP contribution is -2.57. The van der Waals surface area contributed by atoms with Gasteiger partial charge >= 0.3 is 0 Å². The minimum absolute atomic E-state index is 0.0146. The van der Waals surface area contributed by atoms with Crippen LogP contribution in [-0.4, -0.2) is 42.1 Å². The number of carbonyl (C=O) groups is 1.